The number of hydrogen-bond donors (Lipinski definition) is 1. The first kappa shape index (κ1) is 9.15. The molecule has 0 fully saturated rings. The molecule has 12 heavy (non-hydrogen) atoms. The van der Waals surface area contributed by atoms with E-state index in [0.717, 1.165) is 0 Å². The molecule has 1 aromatic rings. The lowest BCUT2D eigenvalue weighted by molar-refractivity contribution is -0.142. The number of thiazole rings is 1. The monoisotopic (exact) mass is 187 g/mol. The Bertz CT molecular complexity index is 247. The Labute approximate surface area is 73.8 Å². The molecule has 0 saturated heterocycles. The van der Waals surface area contributed by atoms with Gasteiger partial charge >= 0.3 is 5.97 Å². The third kappa shape index (κ3) is 2.28. The summed E-state index contributed by atoms with van der Waals surface area (Å²) in [6.45, 7) is 0. The van der Waals surface area contributed by atoms with Gasteiger partial charge in [0.2, 0.25) is 0 Å². The number of esters is 1. The van der Waals surface area contributed by atoms with E-state index in [9.17, 15) is 9.90 Å². The molecule has 4 nitrogen and oxygen atoms in total. The summed E-state index contributed by atoms with van der Waals surface area (Å²) in [7, 11) is 1.29. The van der Waals surface area contributed by atoms with Crippen LogP contribution in [0.5, 0.6) is 0 Å². The van der Waals surface area contributed by atoms with Crippen molar-refractivity contribution in [3.63, 3.8) is 0 Å². The topological polar surface area (TPSA) is 59.4 Å². The predicted octanol–water partition coefficient (Wildman–Crippen LogP) is 0.740. The van der Waals surface area contributed by atoms with E-state index in [1.807, 2.05) is 0 Å². The normalized spacial score (nSPS) is 12.5. The van der Waals surface area contributed by atoms with Gasteiger partial charge in [-0.15, -0.1) is 11.3 Å². The minimum Gasteiger partial charge on any atom is -0.469 e. The molecular weight excluding hydrogens is 178 g/mol. The van der Waals surface area contributed by atoms with Crippen molar-refractivity contribution in [1.29, 1.82) is 0 Å². The van der Waals surface area contributed by atoms with Crippen molar-refractivity contribution in [1.82, 2.24) is 4.98 Å². The highest BCUT2D eigenvalue weighted by atomic mass is 32.1. The highest BCUT2D eigenvalue weighted by molar-refractivity contribution is 7.09. The Hall–Kier alpha value is -0.940. The van der Waals surface area contributed by atoms with Crippen LogP contribution in [0.15, 0.2) is 11.7 Å². The van der Waals surface area contributed by atoms with Crippen molar-refractivity contribution < 1.29 is 14.6 Å². The molecule has 0 saturated carbocycles. The first-order valence-electron chi connectivity index (χ1n) is 3.37. The van der Waals surface area contributed by atoms with Gasteiger partial charge in [0.25, 0.3) is 0 Å². The summed E-state index contributed by atoms with van der Waals surface area (Å²) in [5.41, 5.74) is 1.61. The number of carbonyl (C=O) groups is 1. The Morgan fingerprint density at radius 2 is 2.67 bits per heavy atom. The largest absolute Gasteiger partial charge is 0.469 e. The van der Waals surface area contributed by atoms with E-state index in [-0.39, 0.29) is 6.42 Å². The zero-order chi connectivity index (χ0) is 8.97. The van der Waals surface area contributed by atoms with Gasteiger partial charge in [0, 0.05) is 6.20 Å². The minimum atomic E-state index is -0.787. The van der Waals surface area contributed by atoms with Crippen LogP contribution in [0, 0.1) is 0 Å². The maximum absolute atomic E-state index is 10.7. The number of ether oxygens (including phenoxy) is 1. The molecule has 0 amide bonds. The molecule has 0 bridgehead atoms. The molecular formula is C7H9NO3S. The van der Waals surface area contributed by atoms with Crippen molar-refractivity contribution >= 4 is 17.3 Å². The average Bonchev–Trinajstić information content (AvgIpc) is 2.56. The number of methoxy groups -OCH3 is 1. The van der Waals surface area contributed by atoms with Crippen LogP contribution in [-0.2, 0) is 9.53 Å². The zero-order valence-corrected chi connectivity index (χ0v) is 7.37. The summed E-state index contributed by atoms with van der Waals surface area (Å²) in [6, 6.07) is 0. The van der Waals surface area contributed by atoms with Crippen LogP contribution >= 0.6 is 11.3 Å². The standard InChI is InChI=1S/C7H9NO3S/c1-11-7(10)2-5(9)6-3-8-4-12-6/h3-5,9H,2H2,1H3/t5-/m0/s1. The smallest absolute Gasteiger partial charge is 0.308 e. The molecule has 0 aliphatic rings. The summed E-state index contributed by atoms with van der Waals surface area (Å²) in [4.78, 5) is 15.2. The van der Waals surface area contributed by atoms with Gasteiger partial charge in [0.05, 0.1) is 23.9 Å². The lowest BCUT2D eigenvalue weighted by Crippen LogP contribution is -2.06. The van der Waals surface area contributed by atoms with Gasteiger partial charge in [-0.3, -0.25) is 9.78 Å². The van der Waals surface area contributed by atoms with Crippen molar-refractivity contribution in [2.24, 2.45) is 0 Å². The fourth-order valence-corrected chi connectivity index (χ4v) is 1.34. The van der Waals surface area contributed by atoms with Crippen molar-refractivity contribution in [3.8, 4) is 0 Å². The fraction of sp³-hybridized carbons (Fsp3) is 0.429. The molecule has 66 valence electrons. The number of carbonyl (C=O) groups excluding carboxylic acids is 1. The maximum atomic E-state index is 10.7. The highest BCUT2D eigenvalue weighted by Crippen LogP contribution is 2.19. The van der Waals surface area contributed by atoms with Gasteiger partial charge in [0.15, 0.2) is 0 Å². The molecule has 1 aromatic heterocycles. The number of nitrogens with zero attached hydrogens (tertiary/aromatic N) is 1. The third-order valence-corrected chi connectivity index (χ3v) is 2.24. The predicted molar refractivity (Wildman–Crippen MR) is 43.7 cm³/mol. The number of rotatable bonds is 3. The molecule has 1 rings (SSSR count). The highest BCUT2D eigenvalue weighted by Gasteiger charge is 2.13. The van der Waals surface area contributed by atoms with E-state index in [0.29, 0.717) is 4.88 Å². The van der Waals surface area contributed by atoms with Crippen molar-refractivity contribution in [3.05, 3.63) is 16.6 Å². The van der Waals surface area contributed by atoms with Gasteiger partial charge < -0.3 is 9.84 Å². The summed E-state index contributed by atoms with van der Waals surface area (Å²) in [5, 5.41) is 9.38. The van der Waals surface area contributed by atoms with Crippen LogP contribution in [0.4, 0.5) is 0 Å². The van der Waals surface area contributed by atoms with Gasteiger partial charge in [-0.1, -0.05) is 0 Å². The van der Waals surface area contributed by atoms with Crippen molar-refractivity contribution in [2.75, 3.05) is 7.11 Å². The second kappa shape index (κ2) is 4.18. The van der Waals surface area contributed by atoms with Crippen LogP contribution in [0.2, 0.25) is 0 Å². The molecule has 1 atom stereocenters. The van der Waals surface area contributed by atoms with E-state index in [2.05, 4.69) is 9.72 Å². The first-order chi connectivity index (χ1) is 5.74. The van der Waals surface area contributed by atoms with Gasteiger partial charge in [-0.25, -0.2) is 0 Å². The fourth-order valence-electron chi connectivity index (χ4n) is 0.732. The summed E-state index contributed by atoms with van der Waals surface area (Å²) in [5.74, 6) is -0.420. The minimum absolute atomic E-state index is 0.0152. The number of aliphatic hydroxyl groups is 1. The molecule has 0 spiro atoms. The Kier molecular flexibility index (Phi) is 3.19. The Morgan fingerprint density at radius 1 is 1.92 bits per heavy atom. The maximum Gasteiger partial charge on any atom is 0.308 e. The van der Waals surface area contributed by atoms with E-state index >= 15 is 0 Å². The van der Waals surface area contributed by atoms with E-state index in [1.165, 1.54) is 24.6 Å². The van der Waals surface area contributed by atoms with Crippen molar-refractivity contribution in [2.45, 2.75) is 12.5 Å². The second-order valence-corrected chi connectivity index (χ2v) is 3.12. The van der Waals surface area contributed by atoms with Crippen LogP contribution in [-0.4, -0.2) is 23.2 Å². The first-order valence-corrected chi connectivity index (χ1v) is 4.25. The Balaban J connectivity index is 2.49. The molecule has 0 radical (unpaired) electrons. The van der Waals surface area contributed by atoms with Gasteiger partial charge in [-0.2, -0.15) is 0 Å². The third-order valence-electron chi connectivity index (χ3n) is 1.37. The number of aliphatic hydroxyl groups excluding tert-OH is 1. The average molecular weight is 187 g/mol. The lowest BCUT2D eigenvalue weighted by atomic mass is 10.2. The van der Waals surface area contributed by atoms with E-state index in [1.54, 1.807) is 5.51 Å². The van der Waals surface area contributed by atoms with Crippen LogP contribution in [0.3, 0.4) is 0 Å². The number of hydrogen-bond acceptors (Lipinski definition) is 5. The van der Waals surface area contributed by atoms with Crippen LogP contribution in [0.1, 0.15) is 17.4 Å². The molecule has 5 heteroatoms. The molecule has 0 aromatic carbocycles. The zero-order valence-electron chi connectivity index (χ0n) is 6.56. The molecule has 0 unspecified atom stereocenters. The van der Waals surface area contributed by atoms with Gasteiger partial charge in [0.1, 0.15) is 6.10 Å². The summed E-state index contributed by atoms with van der Waals surface area (Å²) >= 11 is 1.31. The SMILES string of the molecule is COC(=O)C[C@H](O)c1cncs1. The van der Waals surface area contributed by atoms with E-state index < -0.39 is 12.1 Å². The quantitative estimate of drug-likeness (QED) is 0.709. The second-order valence-electron chi connectivity index (χ2n) is 2.20. The van der Waals surface area contributed by atoms with Gasteiger partial charge in [-0.05, 0) is 0 Å². The van der Waals surface area contributed by atoms with E-state index in [4.69, 9.17) is 0 Å². The lowest BCUT2D eigenvalue weighted by Gasteiger charge is -2.04. The molecule has 0 aliphatic carbocycles. The summed E-state index contributed by atoms with van der Waals surface area (Å²) < 4.78 is 4.40. The number of aromatic nitrogens is 1. The Morgan fingerprint density at radius 3 is 3.17 bits per heavy atom. The van der Waals surface area contributed by atoms with Crippen LogP contribution < -0.4 is 0 Å². The molecule has 1 heterocycles. The molecule has 0 aliphatic heterocycles. The summed E-state index contributed by atoms with van der Waals surface area (Å²) in [6.07, 6.45) is 0.738. The molecule has 1 N–H and O–H groups in total. The van der Waals surface area contributed by atoms with Crippen LogP contribution in [0.25, 0.3) is 0 Å².